The Morgan fingerprint density at radius 2 is 2.04 bits per heavy atom. The zero-order valence-electron chi connectivity index (χ0n) is 13.7. The second-order valence-corrected chi connectivity index (χ2v) is 6.38. The zero-order valence-corrected chi connectivity index (χ0v) is 13.7. The highest BCUT2D eigenvalue weighted by Gasteiger charge is 2.64. The van der Waals surface area contributed by atoms with Crippen molar-refractivity contribution in [3.63, 3.8) is 0 Å². The summed E-state index contributed by atoms with van der Waals surface area (Å²) in [6.07, 6.45) is -5.55. The van der Waals surface area contributed by atoms with Crippen LogP contribution >= 0.6 is 0 Å². The number of rotatable bonds is 4. The molecular formula is C15H20F3N3O3. The number of hydrogen-bond donors (Lipinski definition) is 1. The van der Waals surface area contributed by atoms with Crippen molar-refractivity contribution in [1.29, 1.82) is 0 Å². The van der Waals surface area contributed by atoms with E-state index in [0.29, 0.717) is 0 Å². The number of carboxylic acid groups (broad SMARTS) is 1. The van der Waals surface area contributed by atoms with E-state index in [9.17, 15) is 22.8 Å². The SMILES string of the molecule is Cc1cc(C)n(C(C)CC(=O)N2CCC(C(=O)O)(C(F)(F)F)C2)n1. The summed E-state index contributed by atoms with van der Waals surface area (Å²) in [7, 11) is 0. The van der Waals surface area contributed by atoms with Crippen molar-refractivity contribution >= 4 is 11.9 Å². The molecule has 0 bridgehead atoms. The number of nitrogens with zero attached hydrogens (tertiary/aromatic N) is 3. The van der Waals surface area contributed by atoms with E-state index in [0.717, 1.165) is 16.3 Å². The van der Waals surface area contributed by atoms with Gasteiger partial charge in [-0.1, -0.05) is 0 Å². The Bertz CT molecular complexity index is 656. The molecule has 1 fully saturated rings. The van der Waals surface area contributed by atoms with Crippen molar-refractivity contribution in [3.8, 4) is 0 Å². The number of carbonyl (C=O) groups is 2. The minimum Gasteiger partial charge on any atom is -0.481 e. The maximum absolute atomic E-state index is 13.2. The summed E-state index contributed by atoms with van der Waals surface area (Å²) in [6, 6.07) is 1.52. The van der Waals surface area contributed by atoms with Crippen LogP contribution in [0.3, 0.4) is 0 Å². The highest BCUT2D eigenvalue weighted by molar-refractivity contribution is 5.81. The van der Waals surface area contributed by atoms with Crippen molar-refractivity contribution in [2.24, 2.45) is 5.41 Å². The number of carbonyl (C=O) groups excluding carboxylic acids is 1. The van der Waals surface area contributed by atoms with Gasteiger partial charge in [-0.2, -0.15) is 18.3 Å². The van der Waals surface area contributed by atoms with Crippen LogP contribution in [0.5, 0.6) is 0 Å². The van der Waals surface area contributed by atoms with Gasteiger partial charge < -0.3 is 10.0 Å². The van der Waals surface area contributed by atoms with E-state index in [2.05, 4.69) is 5.10 Å². The molecule has 0 aromatic carbocycles. The molecule has 0 saturated carbocycles. The average molecular weight is 347 g/mol. The molecule has 0 aliphatic carbocycles. The van der Waals surface area contributed by atoms with E-state index in [1.54, 1.807) is 11.6 Å². The van der Waals surface area contributed by atoms with Crippen molar-refractivity contribution < 1.29 is 27.9 Å². The van der Waals surface area contributed by atoms with Gasteiger partial charge in [0, 0.05) is 25.2 Å². The lowest BCUT2D eigenvalue weighted by Gasteiger charge is -2.27. The van der Waals surface area contributed by atoms with E-state index in [4.69, 9.17) is 5.11 Å². The molecular weight excluding hydrogens is 327 g/mol. The Morgan fingerprint density at radius 3 is 2.46 bits per heavy atom. The van der Waals surface area contributed by atoms with E-state index in [-0.39, 0.29) is 19.0 Å². The lowest BCUT2D eigenvalue weighted by atomic mass is 9.86. The standard InChI is InChI=1S/C15H20F3N3O3/c1-9-6-10(2)21(19-9)11(3)7-12(22)20-5-4-14(8-20,13(23)24)15(16,17)18/h6,11H,4-5,7-8H2,1-3H3,(H,23,24). The van der Waals surface area contributed by atoms with Gasteiger partial charge in [0.25, 0.3) is 0 Å². The Kier molecular flexibility index (Phi) is 4.65. The number of aryl methyl sites for hydroxylation is 2. The van der Waals surface area contributed by atoms with Crippen LogP contribution in [0, 0.1) is 19.3 Å². The molecule has 1 aliphatic heterocycles. The molecule has 2 unspecified atom stereocenters. The number of alkyl halides is 3. The summed E-state index contributed by atoms with van der Waals surface area (Å²) >= 11 is 0. The molecule has 134 valence electrons. The quantitative estimate of drug-likeness (QED) is 0.907. The molecule has 0 radical (unpaired) electrons. The van der Waals surface area contributed by atoms with Gasteiger partial charge in [-0.05, 0) is 33.3 Å². The molecule has 6 nitrogen and oxygen atoms in total. The lowest BCUT2D eigenvalue weighted by Crippen LogP contribution is -2.47. The predicted molar refractivity (Wildman–Crippen MR) is 78.3 cm³/mol. The molecule has 2 atom stereocenters. The van der Waals surface area contributed by atoms with Gasteiger partial charge in [0.05, 0.1) is 11.7 Å². The van der Waals surface area contributed by atoms with Crippen LogP contribution in [0.2, 0.25) is 0 Å². The topological polar surface area (TPSA) is 75.4 Å². The second kappa shape index (κ2) is 6.10. The third-order valence-corrected chi connectivity index (χ3v) is 4.51. The van der Waals surface area contributed by atoms with E-state index < -0.39 is 36.4 Å². The van der Waals surface area contributed by atoms with Gasteiger partial charge in [-0.3, -0.25) is 14.3 Å². The first-order valence-electron chi connectivity index (χ1n) is 7.58. The van der Waals surface area contributed by atoms with E-state index >= 15 is 0 Å². The first-order chi connectivity index (χ1) is 11.0. The summed E-state index contributed by atoms with van der Waals surface area (Å²) in [6.45, 7) is 4.34. The molecule has 24 heavy (non-hydrogen) atoms. The van der Waals surface area contributed by atoms with Crippen molar-refractivity contribution in [2.45, 2.75) is 45.8 Å². The maximum atomic E-state index is 13.2. The number of aliphatic carboxylic acids is 1. The van der Waals surface area contributed by atoms with Crippen molar-refractivity contribution in [3.05, 3.63) is 17.5 Å². The maximum Gasteiger partial charge on any atom is 0.406 e. The van der Waals surface area contributed by atoms with Crippen LogP contribution in [0.1, 0.15) is 37.2 Å². The minimum absolute atomic E-state index is 0.0322. The van der Waals surface area contributed by atoms with Crippen LogP contribution in [0.25, 0.3) is 0 Å². The van der Waals surface area contributed by atoms with E-state index in [1.807, 2.05) is 19.9 Å². The zero-order chi connectivity index (χ0) is 18.3. The largest absolute Gasteiger partial charge is 0.481 e. The van der Waals surface area contributed by atoms with E-state index in [1.165, 1.54) is 0 Å². The van der Waals surface area contributed by atoms with Gasteiger partial charge >= 0.3 is 12.1 Å². The molecule has 2 heterocycles. The van der Waals surface area contributed by atoms with Crippen molar-refractivity contribution in [1.82, 2.24) is 14.7 Å². The fourth-order valence-corrected chi connectivity index (χ4v) is 3.11. The summed E-state index contributed by atoms with van der Waals surface area (Å²) < 4.78 is 41.1. The molecule has 2 rings (SSSR count). The number of hydrogen-bond acceptors (Lipinski definition) is 3. The first kappa shape index (κ1) is 18.3. The number of likely N-dealkylation sites (tertiary alicyclic amines) is 1. The minimum atomic E-state index is -4.89. The van der Waals surface area contributed by atoms with Crippen LogP contribution in [0.4, 0.5) is 13.2 Å². The molecule has 1 aliphatic rings. The smallest absolute Gasteiger partial charge is 0.406 e. The predicted octanol–water partition coefficient (Wildman–Crippen LogP) is 2.32. The fraction of sp³-hybridized carbons (Fsp3) is 0.667. The van der Waals surface area contributed by atoms with Gasteiger partial charge in [0.1, 0.15) is 0 Å². The summed E-state index contributed by atoms with van der Waals surface area (Å²) in [5, 5.41) is 13.3. The van der Waals surface area contributed by atoms with Crippen LogP contribution < -0.4 is 0 Å². The van der Waals surface area contributed by atoms with Gasteiger partial charge in [-0.25, -0.2) is 0 Å². The lowest BCUT2D eigenvalue weighted by molar-refractivity contribution is -0.227. The second-order valence-electron chi connectivity index (χ2n) is 6.38. The average Bonchev–Trinajstić information content (AvgIpc) is 3.02. The summed E-state index contributed by atoms with van der Waals surface area (Å²) in [5.41, 5.74) is -1.23. The third-order valence-electron chi connectivity index (χ3n) is 4.51. The molecule has 0 spiro atoms. The molecule has 1 N–H and O–H groups in total. The summed E-state index contributed by atoms with van der Waals surface area (Å²) in [5.74, 6) is -2.43. The highest BCUT2D eigenvalue weighted by atomic mass is 19.4. The summed E-state index contributed by atoms with van der Waals surface area (Å²) in [4.78, 5) is 24.5. The molecule has 1 aromatic rings. The Hall–Kier alpha value is -2.06. The molecule has 1 amide bonds. The number of aromatic nitrogens is 2. The molecule has 1 saturated heterocycles. The van der Waals surface area contributed by atoms with Crippen LogP contribution in [-0.4, -0.2) is 50.9 Å². The molecule has 9 heteroatoms. The normalized spacial score (nSPS) is 22.7. The van der Waals surface area contributed by atoms with Crippen LogP contribution in [-0.2, 0) is 9.59 Å². The monoisotopic (exact) mass is 347 g/mol. The van der Waals surface area contributed by atoms with Crippen molar-refractivity contribution in [2.75, 3.05) is 13.1 Å². The number of halogens is 3. The Morgan fingerprint density at radius 1 is 1.42 bits per heavy atom. The highest BCUT2D eigenvalue weighted by Crippen LogP contribution is 2.45. The Balaban J connectivity index is 2.09. The molecule has 1 aromatic heterocycles. The Labute approximate surface area is 137 Å². The number of amides is 1. The van der Waals surface area contributed by atoms with Gasteiger partial charge in [-0.15, -0.1) is 0 Å². The van der Waals surface area contributed by atoms with Crippen LogP contribution in [0.15, 0.2) is 6.07 Å². The first-order valence-corrected chi connectivity index (χ1v) is 7.58. The number of carboxylic acids is 1. The van der Waals surface area contributed by atoms with Gasteiger partial charge in [0.2, 0.25) is 5.91 Å². The third kappa shape index (κ3) is 3.11. The fourth-order valence-electron chi connectivity index (χ4n) is 3.11. The van der Waals surface area contributed by atoms with Gasteiger partial charge in [0.15, 0.2) is 5.41 Å².